The Labute approximate surface area is 46.3 Å². The van der Waals surface area contributed by atoms with Crippen LogP contribution in [-0.2, 0) is 0 Å². The molecule has 0 aliphatic rings. The van der Waals surface area contributed by atoms with Gasteiger partial charge in [0.15, 0.2) is 0 Å². The molecule has 0 bridgehead atoms. The topological polar surface area (TPSA) is 49.3 Å². The van der Waals surface area contributed by atoms with Crippen LogP contribution < -0.4 is 5.32 Å². The minimum absolute atomic E-state index is 0.241. The van der Waals surface area contributed by atoms with Gasteiger partial charge in [-0.1, -0.05) is 12.2 Å². The first-order valence-electron chi connectivity index (χ1n) is 1.68. The first kappa shape index (κ1) is 6.36. The lowest BCUT2D eigenvalue weighted by Crippen LogP contribution is -2.21. The highest BCUT2D eigenvalue weighted by Crippen LogP contribution is 1.55. The maximum absolute atomic E-state index is 9.58. The Kier molecular flexibility index (Phi) is 3.22. The number of hydrogen-bond acceptors (Lipinski definition) is 2. The highest BCUT2D eigenvalue weighted by molar-refractivity contribution is 7.79. The van der Waals surface area contributed by atoms with E-state index in [0.717, 1.165) is 0 Å². The van der Waals surface area contributed by atoms with Crippen molar-refractivity contribution in [1.29, 1.82) is 0 Å². The average Bonchev–Trinajstić information content (AvgIpc) is 1.61. The van der Waals surface area contributed by atoms with E-state index in [2.05, 4.69) is 17.5 Å². The van der Waals surface area contributed by atoms with Gasteiger partial charge in [0.05, 0.1) is 0 Å². The van der Waals surface area contributed by atoms with E-state index in [0.29, 0.717) is 0 Å². The van der Waals surface area contributed by atoms with E-state index in [4.69, 9.17) is 5.11 Å². The number of amides is 1. The smallest absolute Gasteiger partial charge is 0.404 e. The van der Waals surface area contributed by atoms with Crippen LogP contribution in [-0.4, -0.2) is 23.1 Å². The summed E-state index contributed by atoms with van der Waals surface area (Å²) in [4.78, 5) is 9.58. The quantitative estimate of drug-likeness (QED) is 0.512. The SMILES string of the molecule is O=C(O)NCC=S. The predicted molar refractivity (Wildman–Crippen MR) is 29.7 cm³/mol. The zero-order valence-electron chi connectivity index (χ0n) is 3.55. The van der Waals surface area contributed by atoms with Gasteiger partial charge >= 0.3 is 6.09 Å². The molecule has 0 aromatic rings. The van der Waals surface area contributed by atoms with Crippen LogP contribution in [0.25, 0.3) is 0 Å². The summed E-state index contributed by atoms with van der Waals surface area (Å²) < 4.78 is 0. The molecule has 0 heterocycles. The van der Waals surface area contributed by atoms with Gasteiger partial charge < -0.3 is 10.4 Å². The number of carbonyl (C=O) groups is 1. The Hall–Kier alpha value is -0.640. The fourth-order valence-corrected chi connectivity index (χ4v) is 0.212. The standard InChI is InChI=1S/C3H5NO2S/c5-3(6)4-1-2-7/h2,4H,1H2,(H,5,6). The highest BCUT2D eigenvalue weighted by atomic mass is 32.1. The Morgan fingerprint density at radius 2 is 2.57 bits per heavy atom. The molecule has 1 amide bonds. The van der Waals surface area contributed by atoms with E-state index >= 15 is 0 Å². The maximum Gasteiger partial charge on any atom is 0.404 e. The second kappa shape index (κ2) is 3.55. The van der Waals surface area contributed by atoms with Crippen molar-refractivity contribution in [2.75, 3.05) is 6.54 Å². The largest absolute Gasteiger partial charge is 0.465 e. The molecule has 2 N–H and O–H groups in total. The first-order chi connectivity index (χ1) is 3.27. The summed E-state index contributed by atoms with van der Waals surface area (Å²) in [6.07, 6.45) is -1.04. The van der Waals surface area contributed by atoms with Gasteiger partial charge in [0.2, 0.25) is 0 Å². The van der Waals surface area contributed by atoms with Crippen LogP contribution in [0.5, 0.6) is 0 Å². The lowest BCUT2D eigenvalue weighted by Gasteiger charge is -1.87. The molecule has 40 valence electrons. The molecule has 0 saturated heterocycles. The molecule has 0 radical (unpaired) electrons. The fourth-order valence-electron chi connectivity index (χ4n) is 0.129. The monoisotopic (exact) mass is 119 g/mol. The van der Waals surface area contributed by atoms with E-state index in [9.17, 15) is 4.79 Å². The number of rotatable bonds is 2. The van der Waals surface area contributed by atoms with Gasteiger partial charge in [-0.15, -0.1) is 0 Å². The van der Waals surface area contributed by atoms with Crippen LogP contribution in [0.1, 0.15) is 0 Å². The van der Waals surface area contributed by atoms with Gasteiger partial charge in [0.25, 0.3) is 0 Å². The average molecular weight is 119 g/mol. The van der Waals surface area contributed by atoms with Crippen LogP contribution in [0.3, 0.4) is 0 Å². The number of carboxylic acid groups (broad SMARTS) is 1. The third-order valence-corrected chi connectivity index (χ3v) is 0.503. The van der Waals surface area contributed by atoms with Crippen molar-refractivity contribution in [3.05, 3.63) is 0 Å². The summed E-state index contributed by atoms with van der Waals surface area (Å²) >= 11 is 4.32. The van der Waals surface area contributed by atoms with Crippen LogP contribution >= 0.6 is 12.2 Å². The molecule has 0 unspecified atom stereocenters. The Balaban J connectivity index is 2.97. The van der Waals surface area contributed by atoms with Crippen molar-refractivity contribution in [3.8, 4) is 0 Å². The Morgan fingerprint density at radius 3 is 2.71 bits per heavy atom. The summed E-state index contributed by atoms with van der Waals surface area (Å²) in [5, 5.41) is 11.2. The minimum Gasteiger partial charge on any atom is -0.465 e. The van der Waals surface area contributed by atoms with Crippen molar-refractivity contribution in [2.45, 2.75) is 0 Å². The highest BCUT2D eigenvalue weighted by Gasteiger charge is 1.85. The molecule has 4 heteroatoms. The van der Waals surface area contributed by atoms with Crippen molar-refractivity contribution >= 4 is 23.7 Å². The molecule has 0 fully saturated rings. The van der Waals surface area contributed by atoms with E-state index in [-0.39, 0.29) is 6.54 Å². The number of nitrogens with one attached hydrogen (secondary N) is 1. The zero-order chi connectivity index (χ0) is 5.70. The molecular weight excluding hydrogens is 114 g/mol. The van der Waals surface area contributed by atoms with Crippen molar-refractivity contribution in [1.82, 2.24) is 5.32 Å². The van der Waals surface area contributed by atoms with Crippen LogP contribution in [0.2, 0.25) is 0 Å². The molecular formula is C3H5NO2S. The molecule has 0 spiro atoms. The van der Waals surface area contributed by atoms with Crippen LogP contribution in [0.15, 0.2) is 0 Å². The fraction of sp³-hybridized carbons (Fsp3) is 0.333. The molecule has 0 atom stereocenters. The van der Waals surface area contributed by atoms with Crippen molar-refractivity contribution in [3.63, 3.8) is 0 Å². The Morgan fingerprint density at radius 1 is 2.00 bits per heavy atom. The number of thiocarbonyl (C=S) groups is 1. The van der Waals surface area contributed by atoms with E-state index in [1.807, 2.05) is 0 Å². The molecule has 0 saturated carbocycles. The van der Waals surface area contributed by atoms with Crippen molar-refractivity contribution < 1.29 is 9.90 Å². The first-order valence-corrected chi connectivity index (χ1v) is 2.15. The normalized spacial score (nSPS) is 7.43. The van der Waals surface area contributed by atoms with Crippen LogP contribution in [0, 0.1) is 0 Å². The summed E-state index contributed by atoms with van der Waals surface area (Å²) in [6, 6.07) is 0. The van der Waals surface area contributed by atoms with E-state index < -0.39 is 6.09 Å². The summed E-state index contributed by atoms with van der Waals surface area (Å²) in [7, 11) is 0. The molecule has 0 aromatic heterocycles. The second-order valence-corrected chi connectivity index (χ2v) is 1.19. The van der Waals surface area contributed by atoms with Gasteiger partial charge in [0.1, 0.15) is 0 Å². The lowest BCUT2D eigenvalue weighted by atomic mass is 10.8. The molecule has 0 aliphatic carbocycles. The van der Waals surface area contributed by atoms with E-state index in [1.54, 1.807) is 0 Å². The lowest BCUT2D eigenvalue weighted by molar-refractivity contribution is 0.196. The molecule has 0 rings (SSSR count). The predicted octanol–water partition coefficient (Wildman–Crippen LogP) is 0.254. The molecule has 0 aliphatic heterocycles. The van der Waals surface area contributed by atoms with Gasteiger partial charge in [-0.25, -0.2) is 4.79 Å². The maximum atomic E-state index is 9.58. The summed E-state index contributed by atoms with van der Waals surface area (Å²) in [5.74, 6) is 0. The summed E-state index contributed by atoms with van der Waals surface area (Å²) in [6.45, 7) is 0.241. The minimum atomic E-state index is -1.04. The van der Waals surface area contributed by atoms with Gasteiger partial charge in [-0.3, -0.25) is 0 Å². The molecule has 0 aromatic carbocycles. The van der Waals surface area contributed by atoms with Gasteiger partial charge in [-0.2, -0.15) is 0 Å². The third-order valence-electron chi connectivity index (χ3n) is 0.337. The molecule has 7 heavy (non-hydrogen) atoms. The third kappa shape index (κ3) is 5.36. The Bertz CT molecular complexity index is 83.0. The molecule has 3 nitrogen and oxygen atoms in total. The summed E-state index contributed by atoms with van der Waals surface area (Å²) in [5.41, 5.74) is 0. The number of hydrogen-bond donors (Lipinski definition) is 2. The van der Waals surface area contributed by atoms with Crippen molar-refractivity contribution in [2.24, 2.45) is 0 Å². The van der Waals surface area contributed by atoms with Gasteiger partial charge in [-0.05, 0) is 5.37 Å². The van der Waals surface area contributed by atoms with E-state index in [1.165, 1.54) is 5.37 Å². The second-order valence-electron chi connectivity index (χ2n) is 0.853. The zero-order valence-corrected chi connectivity index (χ0v) is 4.36. The van der Waals surface area contributed by atoms with Crippen LogP contribution in [0.4, 0.5) is 4.79 Å². The van der Waals surface area contributed by atoms with Gasteiger partial charge in [0, 0.05) is 6.54 Å².